The molecule has 1 heterocycles. The van der Waals surface area contributed by atoms with Gasteiger partial charge in [0.1, 0.15) is 12.4 Å². The fraction of sp³-hybridized carbons (Fsp3) is 0.500. The lowest BCUT2D eigenvalue weighted by molar-refractivity contribution is 0.192. The van der Waals surface area contributed by atoms with Crippen molar-refractivity contribution in [2.24, 2.45) is 0 Å². The quantitative estimate of drug-likeness (QED) is 0.877. The van der Waals surface area contributed by atoms with Crippen LogP contribution in [0.1, 0.15) is 6.42 Å². The van der Waals surface area contributed by atoms with Crippen molar-refractivity contribution in [1.82, 2.24) is 10.2 Å². The Morgan fingerprint density at radius 3 is 2.82 bits per heavy atom. The second kappa shape index (κ2) is 7.19. The number of ether oxygens (including phenoxy) is 1. The summed E-state index contributed by atoms with van der Waals surface area (Å²) in [7, 11) is -1.36. The fourth-order valence-electron chi connectivity index (χ4n) is 2.15. The number of urea groups is 1. The molecule has 1 atom stereocenters. The van der Waals surface area contributed by atoms with Crippen molar-refractivity contribution in [3.05, 3.63) is 29.3 Å². The summed E-state index contributed by atoms with van der Waals surface area (Å²) in [6.07, 6.45) is 0.470. The van der Waals surface area contributed by atoms with Crippen LogP contribution in [0.15, 0.2) is 24.3 Å². The van der Waals surface area contributed by atoms with Gasteiger partial charge < -0.3 is 15.0 Å². The summed E-state index contributed by atoms with van der Waals surface area (Å²) in [5, 5.41) is 3.24. The minimum absolute atomic E-state index is 0.0166. The van der Waals surface area contributed by atoms with Gasteiger partial charge in [0.15, 0.2) is 9.84 Å². The minimum atomic E-state index is -3.00. The highest BCUT2D eigenvalue weighted by Gasteiger charge is 2.29. The second-order valence-electron chi connectivity index (χ2n) is 5.25. The molecule has 0 spiro atoms. The molecule has 0 bridgehead atoms. The van der Waals surface area contributed by atoms with Gasteiger partial charge in [0.2, 0.25) is 0 Å². The van der Waals surface area contributed by atoms with E-state index in [0.29, 0.717) is 30.3 Å². The lowest BCUT2D eigenvalue weighted by atomic mass is 10.3. The lowest BCUT2D eigenvalue weighted by Crippen LogP contribution is -2.44. The summed E-state index contributed by atoms with van der Waals surface area (Å²) in [5.41, 5.74) is 0. The SMILES string of the molecule is CN(CCOc1ccccc1Cl)C(=O)N[C@H]1CCS(=O)(=O)C1. The summed E-state index contributed by atoms with van der Waals surface area (Å²) in [5.74, 6) is 0.722. The van der Waals surface area contributed by atoms with Crippen LogP contribution in [0.4, 0.5) is 4.79 Å². The van der Waals surface area contributed by atoms with E-state index in [-0.39, 0.29) is 23.6 Å². The first-order valence-corrected chi connectivity index (χ1v) is 9.17. The van der Waals surface area contributed by atoms with E-state index in [1.54, 1.807) is 19.2 Å². The third-order valence-electron chi connectivity index (χ3n) is 3.43. The number of rotatable bonds is 5. The smallest absolute Gasteiger partial charge is 0.317 e. The lowest BCUT2D eigenvalue weighted by Gasteiger charge is -2.20. The van der Waals surface area contributed by atoms with Gasteiger partial charge in [0.05, 0.1) is 23.1 Å². The van der Waals surface area contributed by atoms with Gasteiger partial charge in [-0.2, -0.15) is 0 Å². The predicted octanol–water partition coefficient (Wildman–Crippen LogP) is 1.55. The van der Waals surface area contributed by atoms with Crippen molar-refractivity contribution >= 4 is 27.5 Å². The Balaban J connectivity index is 1.74. The molecule has 1 aromatic carbocycles. The zero-order valence-electron chi connectivity index (χ0n) is 12.3. The van der Waals surface area contributed by atoms with Crippen LogP contribution in [-0.4, -0.2) is 57.1 Å². The molecule has 22 heavy (non-hydrogen) atoms. The molecule has 122 valence electrons. The van der Waals surface area contributed by atoms with E-state index in [0.717, 1.165) is 0 Å². The topological polar surface area (TPSA) is 75.7 Å². The number of nitrogens with one attached hydrogen (secondary N) is 1. The zero-order chi connectivity index (χ0) is 16.2. The van der Waals surface area contributed by atoms with Crippen LogP contribution in [0.5, 0.6) is 5.75 Å². The molecule has 0 saturated carbocycles. The molecular weight excluding hydrogens is 328 g/mol. The first kappa shape index (κ1) is 16.9. The highest BCUT2D eigenvalue weighted by Crippen LogP contribution is 2.22. The van der Waals surface area contributed by atoms with Gasteiger partial charge in [-0.25, -0.2) is 13.2 Å². The maximum Gasteiger partial charge on any atom is 0.317 e. The van der Waals surface area contributed by atoms with E-state index in [2.05, 4.69) is 5.32 Å². The first-order chi connectivity index (χ1) is 10.4. The largest absolute Gasteiger partial charge is 0.490 e. The van der Waals surface area contributed by atoms with Gasteiger partial charge in [-0.15, -0.1) is 0 Å². The summed E-state index contributed by atoms with van der Waals surface area (Å²) < 4.78 is 28.2. The van der Waals surface area contributed by atoms with Gasteiger partial charge in [-0.05, 0) is 18.6 Å². The highest BCUT2D eigenvalue weighted by atomic mass is 35.5. The van der Waals surface area contributed by atoms with Crippen molar-refractivity contribution in [3.8, 4) is 5.75 Å². The van der Waals surface area contributed by atoms with Crippen molar-refractivity contribution < 1.29 is 17.9 Å². The van der Waals surface area contributed by atoms with Crippen molar-refractivity contribution in [2.45, 2.75) is 12.5 Å². The molecule has 2 amide bonds. The Hall–Kier alpha value is -1.47. The Kier molecular flexibility index (Phi) is 5.52. The van der Waals surface area contributed by atoms with E-state index >= 15 is 0 Å². The molecule has 1 aliphatic heterocycles. The van der Waals surface area contributed by atoms with Crippen LogP contribution in [0.25, 0.3) is 0 Å². The van der Waals surface area contributed by atoms with Crippen LogP contribution in [0, 0.1) is 0 Å². The fourth-order valence-corrected chi connectivity index (χ4v) is 4.01. The number of likely N-dealkylation sites (N-methyl/N-ethyl adjacent to an activating group) is 1. The molecule has 1 saturated heterocycles. The highest BCUT2D eigenvalue weighted by molar-refractivity contribution is 7.91. The number of benzene rings is 1. The molecule has 0 aliphatic carbocycles. The van der Waals surface area contributed by atoms with Crippen molar-refractivity contribution in [1.29, 1.82) is 0 Å². The van der Waals surface area contributed by atoms with Crippen LogP contribution in [0.3, 0.4) is 0 Å². The van der Waals surface area contributed by atoms with Crippen molar-refractivity contribution in [3.63, 3.8) is 0 Å². The average molecular weight is 347 g/mol. The Morgan fingerprint density at radius 2 is 2.18 bits per heavy atom. The van der Waals surface area contributed by atoms with Crippen LogP contribution >= 0.6 is 11.6 Å². The number of sulfone groups is 1. The Morgan fingerprint density at radius 1 is 1.45 bits per heavy atom. The number of nitrogens with zero attached hydrogens (tertiary/aromatic N) is 1. The monoisotopic (exact) mass is 346 g/mol. The molecule has 1 fully saturated rings. The maximum absolute atomic E-state index is 12.0. The molecular formula is C14H19ClN2O4S. The molecule has 1 aromatic rings. The van der Waals surface area contributed by atoms with Crippen molar-refractivity contribution in [2.75, 3.05) is 31.7 Å². The van der Waals surface area contributed by atoms with E-state index in [1.165, 1.54) is 4.90 Å². The van der Waals surface area contributed by atoms with Crippen LogP contribution in [-0.2, 0) is 9.84 Å². The van der Waals surface area contributed by atoms with E-state index in [9.17, 15) is 13.2 Å². The molecule has 1 N–H and O–H groups in total. The number of hydrogen-bond acceptors (Lipinski definition) is 4. The van der Waals surface area contributed by atoms with Gasteiger partial charge in [0, 0.05) is 13.1 Å². The van der Waals surface area contributed by atoms with E-state index in [4.69, 9.17) is 16.3 Å². The molecule has 0 radical (unpaired) electrons. The molecule has 1 aliphatic rings. The first-order valence-electron chi connectivity index (χ1n) is 6.97. The number of amides is 2. The van der Waals surface area contributed by atoms with E-state index < -0.39 is 9.84 Å². The average Bonchev–Trinajstić information content (AvgIpc) is 2.79. The number of para-hydroxylation sites is 1. The van der Waals surface area contributed by atoms with Gasteiger partial charge in [0.25, 0.3) is 0 Å². The van der Waals surface area contributed by atoms with Crippen LogP contribution in [0.2, 0.25) is 5.02 Å². The normalized spacial score (nSPS) is 19.6. The van der Waals surface area contributed by atoms with Gasteiger partial charge >= 0.3 is 6.03 Å². The molecule has 0 unspecified atom stereocenters. The summed E-state index contributed by atoms with van der Waals surface area (Å²) in [6, 6.07) is 6.51. The number of hydrogen-bond donors (Lipinski definition) is 1. The maximum atomic E-state index is 12.0. The number of halogens is 1. The number of carbonyl (C=O) groups excluding carboxylic acids is 1. The molecule has 8 heteroatoms. The summed E-state index contributed by atoms with van der Waals surface area (Å²) >= 11 is 5.97. The third-order valence-corrected chi connectivity index (χ3v) is 5.51. The standard InChI is InChI=1S/C14H19ClN2O4S/c1-17(7-8-21-13-5-3-2-4-12(13)15)14(18)16-11-6-9-22(19,20)10-11/h2-5,11H,6-10H2,1H3,(H,16,18)/t11-/m0/s1. The van der Waals surface area contributed by atoms with E-state index in [1.807, 2.05) is 12.1 Å². The third kappa shape index (κ3) is 4.78. The van der Waals surface area contributed by atoms with Gasteiger partial charge in [-0.1, -0.05) is 23.7 Å². The predicted molar refractivity (Wildman–Crippen MR) is 85.2 cm³/mol. The Labute approximate surface area is 135 Å². The second-order valence-corrected chi connectivity index (χ2v) is 7.89. The molecule has 2 rings (SSSR count). The molecule has 6 nitrogen and oxygen atoms in total. The number of carbonyl (C=O) groups is 1. The summed E-state index contributed by atoms with van der Waals surface area (Å²) in [4.78, 5) is 13.4. The molecule has 0 aromatic heterocycles. The Bertz CT molecular complexity index is 635. The zero-order valence-corrected chi connectivity index (χ0v) is 13.9. The summed E-state index contributed by atoms with van der Waals surface area (Å²) in [6.45, 7) is 0.674. The van der Waals surface area contributed by atoms with Gasteiger partial charge in [-0.3, -0.25) is 0 Å². The minimum Gasteiger partial charge on any atom is -0.490 e. The van der Waals surface area contributed by atoms with Crippen LogP contribution < -0.4 is 10.1 Å².